The number of ether oxygens (including phenoxy) is 2. The normalized spacial score (nSPS) is 18.7. The van der Waals surface area contributed by atoms with Gasteiger partial charge in [0.15, 0.2) is 0 Å². The number of piperazine rings is 1. The SMILES string of the molecule is CCOC(=O)C1=C(CN2CCN(c3cccc(C)c3)CC2)NC(=O)N[C@@H]1c1ccc(OCC)cc1. The second kappa shape index (κ2) is 11.3. The average molecular weight is 479 g/mol. The minimum Gasteiger partial charge on any atom is -0.494 e. The molecule has 2 aromatic rings. The fourth-order valence-corrected chi connectivity index (χ4v) is 4.58. The first-order chi connectivity index (χ1) is 17.0. The number of aryl methyl sites for hydroxylation is 1. The van der Waals surface area contributed by atoms with Gasteiger partial charge in [-0.15, -0.1) is 0 Å². The van der Waals surface area contributed by atoms with Crippen molar-refractivity contribution in [1.82, 2.24) is 15.5 Å². The van der Waals surface area contributed by atoms with Crippen LogP contribution in [-0.4, -0.2) is 62.8 Å². The van der Waals surface area contributed by atoms with Crippen LogP contribution < -0.4 is 20.3 Å². The maximum Gasteiger partial charge on any atom is 0.338 e. The molecule has 2 aliphatic heterocycles. The van der Waals surface area contributed by atoms with Crippen LogP contribution in [0.25, 0.3) is 0 Å². The molecule has 2 amide bonds. The highest BCUT2D eigenvalue weighted by molar-refractivity contribution is 5.95. The molecule has 0 aliphatic carbocycles. The summed E-state index contributed by atoms with van der Waals surface area (Å²) in [5.74, 6) is 0.317. The van der Waals surface area contributed by atoms with Crippen molar-refractivity contribution < 1.29 is 19.1 Å². The highest BCUT2D eigenvalue weighted by Crippen LogP contribution is 2.30. The molecule has 0 spiro atoms. The lowest BCUT2D eigenvalue weighted by Gasteiger charge is -2.38. The fraction of sp³-hybridized carbons (Fsp3) is 0.407. The highest BCUT2D eigenvalue weighted by Gasteiger charge is 2.34. The number of amides is 2. The van der Waals surface area contributed by atoms with Gasteiger partial charge in [-0.1, -0.05) is 24.3 Å². The summed E-state index contributed by atoms with van der Waals surface area (Å²) in [6.45, 7) is 10.5. The topological polar surface area (TPSA) is 83.1 Å². The summed E-state index contributed by atoms with van der Waals surface area (Å²) in [4.78, 5) is 30.3. The summed E-state index contributed by atoms with van der Waals surface area (Å²) in [7, 11) is 0. The van der Waals surface area contributed by atoms with E-state index in [1.54, 1.807) is 6.92 Å². The smallest absolute Gasteiger partial charge is 0.338 e. The Labute approximate surface area is 206 Å². The molecule has 1 fully saturated rings. The Hall–Kier alpha value is -3.52. The Morgan fingerprint density at radius 3 is 2.43 bits per heavy atom. The first-order valence-corrected chi connectivity index (χ1v) is 12.2. The van der Waals surface area contributed by atoms with Crippen molar-refractivity contribution in [1.29, 1.82) is 0 Å². The molecule has 1 atom stereocenters. The van der Waals surface area contributed by atoms with E-state index in [9.17, 15) is 9.59 Å². The van der Waals surface area contributed by atoms with Gasteiger partial charge in [-0.25, -0.2) is 9.59 Å². The van der Waals surface area contributed by atoms with Crippen LogP contribution >= 0.6 is 0 Å². The number of urea groups is 1. The number of anilines is 1. The Balaban J connectivity index is 1.54. The van der Waals surface area contributed by atoms with Gasteiger partial charge in [0, 0.05) is 44.1 Å². The van der Waals surface area contributed by atoms with Gasteiger partial charge in [-0.3, -0.25) is 4.90 Å². The molecular formula is C27H34N4O4. The number of nitrogens with zero attached hydrogens (tertiary/aromatic N) is 2. The number of nitrogens with one attached hydrogen (secondary N) is 2. The number of rotatable bonds is 8. The van der Waals surface area contributed by atoms with Crippen LogP contribution in [0.15, 0.2) is 59.8 Å². The van der Waals surface area contributed by atoms with Crippen LogP contribution in [0.5, 0.6) is 5.75 Å². The van der Waals surface area contributed by atoms with Gasteiger partial charge in [0.25, 0.3) is 0 Å². The van der Waals surface area contributed by atoms with E-state index in [-0.39, 0.29) is 12.6 Å². The summed E-state index contributed by atoms with van der Waals surface area (Å²) in [6, 6.07) is 15.0. The Bertz CT molecular complexity index is 1070. The highest BCUT2D eigenvalue weighted by atomic mass is 16.5. The number of carbonyl (C=O) groups excluding carboxylic acids is 2. The van der Waals surface area contributed by atoms with Crippen molar-refractivity contribution in [2.45, 2.75) is 26.8 Å². The monoisotopic (exact) mass is 478 g/mol. The summed E-state index contributed by atoms with van der Waals surface area (Å²) in [5.41, 5.74) is 4.30. The third kappa shape index (κ3) is 5.95. The zero-order chi connectivity index (χ0) is 24.8. The molecule has 0 saturated carbocycles. The molecule has 0 radical (unpaired) electrons. The quantitative estimate of drug-likeness (QED) is 0.566. The summed E-state index contributed by atoms with van der Waals surface area (Å²) >= 11 is 0. The van der Waals surface area contributed by atoms with E-state index >= 15 is 0 Å². The summed E-state index contributed by atoms with van der Waals surface area (Å²) < 4.78 is 10.9. The largest absolute Gasteiger partial charge is 0.494 e. The predicted octanol–water partition coefficient (Wildman–Crippen LogP) is 3.39. The van der Waals surface area contributed by atoms with Crippen molar-refractivity contribution in [3.05, 3.63) is 70.9 Å². The molecule has 4 rings (SSSR count). The minimum absolute atomic E-state index is 0.259. The molecule has 35 heavy (non-hydrogen) atoms. The second-order valence-electron chi connectivity index (χ2n) is 8.75. The van der Waals surface area contributed by atoms with Gasteiger partial charge in [-0.05, 0) is 56.2 Å². The molecule has 1 saturated heterocycles. The lowest BCUT2D eigenvalue weighted by atomic mass is 9.94. The van der Waals surface area contributed by atoms with E-state index in [0.717, 1.165) is 37.5 Å². The van der Waals surface area contributed by atoms with Gasteiger partial charge < -0.3 is 25.0 Å². The standard InChI is InChI=1S/C27H34N4O4/c1-4-34-22-11-9-20(10-12-22)25-24(26(32)35-5-2)23(28-27(33)29-25)18-30-13-15-31(16-14-30)21-8-6-7-19(3)17-21/h6-12,17,25H,4-5,13-16,18H2,1-3H3,(H2,28,29,33)/t25-/m1/s1. The maximum absolute atomic E-state index is 13.1. The number of benzene rings is 2. The summed E-state index contributed by atoms with van der Waals surface area (Å²) in [5, 5.41) is 5.78. The average Bonchev–Trinajstić information content (AvgIpc) is 2.85. The Morgan fingerprint density at radius 1 is 1.03 bits per heavy atom. The number of esters is 1. The van der Waals surface area contributed by atoms with Crippen molar-refractivity contribution in [2.75, 3.05) is 50.8 Å². The molecule has 2 aliphatic rings. The molecule has 0 bridgehead atoms. The lowest BCUT2D eigenvalue weighted by molar-refractivity contribution is -0.139. The Morgan fingerprint density at radius 2 is 1.77 bits per heavy atom. The van der Waals surface area contributed by atoms with Gasteiger partial charge >= 0.3 is 12.0 Å². The van der Waals surface area contributed by atoms with Crippen molar-refractivity contribution in [2.24, 2.45) is 0 Å². The van der Waals surface area contributed by atoms with E-state index < -0.39 is 12.0 Å². The third-order valence-electron chi connectivity index (χ3n) is 6.29. The molecule has 8 nitrogen and oxygen atoms in total. The zero-order valence-electron chi connectivity index (χ0n) is 20.7. The van der Waals surface area contributed by atoms with Crippen LogP contribution in [0.2, 0.25) is 0 Å². The first-order valence-electron chi connectivity index (χ1n) is 12.2. The van der Waals surface area contributed by atoms with Crippen LogP contribution in [0, 0.1) is 6.92 Å². The third-order valence-corrected chi connectivity index (χ3v) is 6.29. The van der Waals surface area contributed by atoms with Crippen LogP contribution in [0.1, 0.15) is 31.0 Å². The van der Waals surface area contributed by atoms with E-state index in [4.69, 9.17) is 9.47 Å². The molecule has 2 aromatic carbocycles. The molecule has 2 heterocycles. The number of carbonyl (C=O) groups is 2. The van der Waals surface area contributed by atoms with Crippen LogP contribution in [0.4, 0.5) is 10.5 Å². The molecule has 8 heteroatoms. The fourth-order valence-electron chi connectivity index (χ4n) is 4.58. The Kier molecular flexibility index (Phi) is 7.92. The zero-order valence-corrected chi connectivity index (χ0v) is 20.7. The van der Waals surface area contributed by atoms with Crippen LogP contribution in [-0.2, 0) is 9.53 Å². The van der Waals surface area contributed by atoms with Crippen molar-refractivity contribution >= 4 is 17.7 Å². The van der Waals surface area contributed by atoms with E-state index in [1.807, 2.05) is 31.2 Å². The van der Waals surface area contributed by atoms with Crippen molar-refractivity contribution in [3.63, 3.8) is 0 Å². The summed E-state index contributed by atoms with van der Waals surface area (Å²) in [6.07, 6.45) is 0. The molecule has 0 unspecified atom stereocenters. The lowest BCUT2D eigenvalue weighted by Crippen LogP contribution is -2.51. The van der Waals surface area contributed by atoms with Gasteiger partial charge in [0.05, 0.1) is 24.8 Å². The molecule has 186 valence electrons. The number of hydrogen-bond donors (Lipinski definition) is 2. The number of hydrogen-bond acceptors (Lipinski definition) is 6. The second-order valence-corrected chi connectivity index (χ2v) is 8.75. The molecule has 0 aromatic heterocycles. The van der Waals surface area contributed by atoms with Gasteiger partial charge in [0.2, 0.25) is 0 Å². The predicted molar refractivity (Wildman–Crippen MR) is 136 cm³/mol. The van der Waals surface area contributed by atoms with E-state index in [2.05, 4.69) is 51.6 Å². The minimum atomic E-state index is -0.595. The van der Waals surface area contributed by atoms with Crippen LogP contribution in [0.3, 0.4) is 0 Å². The van der Waals surface area contributed by atoms with E-state index in [0.29, 0.717) is 24.4 Å². The van der Waals surface area contributed by atoms with Crippen molar-refractivity contribution in [3.8, 4) is 5.75 Å². The first kappa shape index (κ1) is 24.6. The molecule has 2 N–H and O–H groups in total. The molecular weight excluding hydrogens is 444 g/mol. The van der Waals surface area contributed by atoms with Gasteiger partial charge in [-0.2, -0.15) is 0 Å². The van der Waals surface area contributed by atoms with E-state index in [1.165, 1.54) is 11.3 Å². The van der Waals surface area contributed by atoms with Gasteiger partial charge in [0.1, 0.15) is 5.75 Å². The maximum atomic E-state index is 13.1.